The van der Waals surface area contributed by atoms with Crippen LogP contribution in [0.15, 0.2) is 54.6 Å². The van der Waals surface area contributed by atoms with E-state index in [-0.39, 0.29) is 23.6 Å². The highest BCUT2D eigenvalue weighted by molar-refractivity contribution is 5.95. The van der Waals surface area contributed by atoms with Crippen LogP contribution in [0.1, 0.15) is 46.8 Å². The van der Waals surface area contributed by atoms with Gasteiger partial charge in [0.1, 0.15) is 5.82 Å². The van der Waals surface area contributed by atoms with E-state index in [1.807, 2.05) is 24.3 Å². The van der Waals surface area contributed by atoms with Crippen molar-refractivity contribution in [1.82, 2.24) is 0 Å². The maximum atomic E-state index is 13.6. The fraction of sp³-hybridized carbons (Fsp3) is 0.250. The van der Waals surface area contributed by atoms with Gasteiger partial charge in [0.2, 0.25) is 0 Å². The van der Waals surface area contributed by atoms with Crippen LogP contribution in [-0.4, -0.2) is 5.78 Å². The van der Waals surface area contributed by atoms with Crippen LogP contribution in [0.5, 0.6) is 0 Å². The summed E-state index contributed by atoms with van der Waals surface area (Å²) in [4.78, 5) is 11.7. The van der Waals surface area contributed by atoms with Crippen molar-refractivity contribution in [3.05, 3.63) is 77.1 Å². The predicted octanol–water partition coefficient (Wildman–Crippen LogP) is 4.85. The Hall–Kier alpha value is -2.42. The second-order valence-corrected chi connectivity index (χ2v) is 6.39. The molecule has 3 heteroatoms. The van der Waals surface area contributed by atoms with Crippen LogP contribution < -0.4 is 5.32 Å². The van der Waals surface area contributed by atoms with Crippen LogP contribution in [0.4, 0.5) is 10.1 Å². The summed E-state index contributed by atoms with van der Waals surface area (Å²) in [6, 6.07) is 12.7. The number of fused-ring (bicyclic) bond motifs is 3. The molecule has 1 aliphatic carbocycles. The van der Waals surface area contributed by atoms with Crippen LogP contribution in [0.25, 0.3) is 0 Å². The third-order valence-electron chi connectivity index (χ3n) is 4.98. The fourth-order valence-electron chi connectivity index (χ4n) is 3.84. The van der Waals surface area contributed by atoms with E-state index in [0.29, 0.717) is 5.92 Å². The van der Waals surface area contributed by atoms with E-state index < -0.39 is 0 Å². The molecule has 0 bridgehead atoms. The zero-order chi connectivity index (χ0) is 16.0. The second-order valence-electron chi connectivity index (χ2n) is 6.39. The van der Waals surface area contributed by atoms with Crippen LogP contribution in [0, 0.1) is 11.7 Å². The van der Waals surface area contributed by atoms with Crippen LogP contribution in [0.2, 0.25) is 0 Å². The lowest BCUT2D eigenvalue weighted by atomic mass is 9.76. The molecule has 2 aromatic rings. The Morgan fingerprint density at radius 1 is 1.22 bits per heavy atom. The van der Waals surface area contributed by atoms with Gasteiger partial charge in [0.05, 0.1) is 6.04 Å². The van der Waals surface area contributed by atoms with E-state index in [4.69, 9.17) is 0 Å². The number of Topliss-reactive ketones (excluding diaryl/α,β-unsaturated/α-hetero) is 1. The van der Waals surface area contributed by atoms with Gasteiger partial charge in [-0.25, -0.2) is 4.39 Å². The number of carbonyl (C=O) groups excluding carboxylic acids is 1. The van der Waals surface area contributed by atoms with Gasteiger partial charge in [0.25, 0.3) is 0 Å². The highest BCUT2D eigenvalue weighted by Crippen LogP contribution is 2.49. The third-order valence-corrected chi connectivity index (χ3v) is 4.98. The number of benzene rings is 2. The highest BCUT2D eigenvalue weighted by atomic mass is 19.1. The Morgan fingerprint density at radius 3 is 2.87 bits per heavy atom. The van der Waals surface area contributed by atoms with Crippen molar-refractivity contribution < 1.29 is 9.18 Å². The van der Waals surface area contributed by atoms with E-state index in [0.717, 1.165) is 23.2 Å². The summed E-state index contributed by atoms with van der Waals surface area (Å²) in [6.07, 6.45) is 5.38. The van der Waals surface area contributed by atoms with Crippen molar-refractivity contribution in [2.75, 3.05) is 5.32 Å². The van der Waals surface area contributed by atoms with Crippen molar-refractivity contribution in [2.45, 2.75) is 25.3 Å². The lowest BCUT2D eigenvalue weighted by Gasteiger charge is -2.37. The molecule has 0 spiro atoms. The normalized spacial score (nSPS) is 24.7. The molecule has 2 nitrogen and oxygen atoms in total. The van der Waals surface area contributed by atoms with Gasteiger partial charge in [-0.1, -0.05) is 24.3 Å². The van der Waals surface area contributed by atoms with Crippen LogP contribution in [-0.2, 0) is 0 Å². The number of rotatable bonds is 2. The SMILES string of the molecule is CC(=O)c1ccc2c(c1)[C@@H]1C=CC[C@@H]1[C@@H](c1cccc(F)c1)N2. The van der Waals surface area contributed by atoms with Crippen molar-refractivity contribution >= 4 is 11.5 Å². The minimum absolute atomic E-state index is 0.0820. The molecule has 0 saturated heterocycles. The number of hydrogen-bond acceptors (Lipinski definition) is 2. The molecule has 4 rings (SSSR count). The molecule has 1 heterocycles. The molecule has 1 aliphatic heterocycles. The quantitative estimate of drug-likeness (QED) is 0.634. The maximum Gasteiger partial charge on any atom is 0.159 e. The van der Waals surface area contributed by atoms with Crippen molar-refractivity contribution in [3.63, 3.8) is 0 Å². The first kappa shape index (κ1) is 14.2. The number of anilines is 1. The zero-order valence-electron chi connectivity index (χ0n) is 12.9. The smallest absolute Gasteiger partial charge is 0.159 e. The first-order valence-corrected chi connectivity index (χ1v) is 7.97. The van der Waals surface area contributed by atoms with Gasteiger partial charge >= 0.3 is 0 Å². The van der Waals surface area contributed by atoms with Crippen LogP contribution >= 0.6 is 0 Å². The molecule has 1 N–H and O–H groups in total. The Labute approximate surface area is 135 Å². The summed E-state index contributed by atoms with van der Waals surface area (Å²) in [6.45, 7) is 1.59. The Kier molecular flexibility index (Phi) is 3.29. The minimum atomic E-state index is -0.204. The predicted molar refractivity (Wildman–Crippen MR) is 89.2 cm³/mol. The van der Waals surface area contributed by atoms with Gasteiger partial charge in [-0.3, -0.25) is 4.79 Å². The summed E-state index contributed by atoms with van der Waals surface area (Å²) in [5.74, 6) is 0.508. The molecule has 0 aromatic heterocycles. The molecular formula is C20H18FNO. The standard InChI is InChI=1S/C20H18FNO/c1-12(23)13-8-9-19-18(11-13)16-6-3-7-17(16)20(22-19)14-4-2-5-15(21)10-14/h2-6,8-11,16-17,20,22H,7H2,1H3/t16-,17+,20-/m1/s1. The molecule has 23 heavy (non-hydrogen) atoms. The van der Waals surface area contributed by atoms with E-state index in [9.17, 15) is 9.18 Å². The van der Waals surface area contributed by atoms with Crippen molar-refractivity contribution in [3.8, 4) is 0 Å². The summed E-state index contributed by atoms with van der Waals surface area (Å²) < 4.78 is 13.6. The number of hydrogen-bond donors (Lipinski definition) is 1. The average Bonchev–Trinajstić information content (AvgIpc) is 3.03. The number of halogens is 1. The molecule has 0 amide bonds. The lowest BCUT2D eigenvalue weighted by molar-refractivity contribution is 0.101. The minimum Gasteiger partial charge on any atom is -0.378 e. The number of allylic oxidation sites excluding steroid dienone is 2. The Morgan fingerprint density at radius 2 is 2.09 bits per heavy atom. The van der Waals surface area contributed by atoms with Gasteiger partial charge in [0, 0.05) is 17.2 Å². The zero-order valence-corrected chi connectivity index (χ0v) is 12.9. The third kappa shape index (κ3) is 2.37. The van der Waals surface area contributed by atoms with E-state index in [2.05, 4.69) is 17.5 Å². The topological polar surface area (TPSA) is 29.1 Å². The molecule has 116 valence electrons. The van der Waals surface area contributed by atoms with Crippen molar-refractivity contribution in [1.29, 1.82) is 0 Å². The summed E-state index contributed by atoms with van der Waals surface area (Å²) >= 11 is 0. The molecule has 0 unspecified atom stereocenters. The van der Waals surface area contributed by atoms with Gasteiger partial charge in [-0.05, 0) is 60.7 Å². The van der Waals surface area contributed by atoms with Gasteiger partial charge in [-0.15, -0.1) is 0 Å². The van der Waals surface area contributed by atoms with E-state index in [1.54, 1.807) is 19.1 Å². The van der Waals surface area contributed by atoms with E-state index in [1.165, 1.54) is 11.6 Å². The van der Waals surface area contributed by atoms with Crippen LogP contribution in [0.3, 0.4) is 0 Å². The maximum absolute atomic E-state index is 13.6. The molecule has 2 aliphatic rings. The number of carbonyl (C=O) groups is 1. The Bertz CT molecular complexity index is 811. The monoisotopic (exact) mass is 307 g/mol. The summed E-state index contributed by atoms with van der Waals surface area (Å²) in [5.41, 5.74) is 3.93. The molecule has 3 atom stereocenters. The molecular weight excluding hydrogens is 289 g/mol. The molecule has 0 saturated carbocycles. The second kappa shape index (κ2) is 5.34. The van der Waals surface area contributed by atoms with Gasteiger partial charge in [-0.2, -0.15) is 0 Å². The van der Waals surface area contributed by atoms with Gasteiger partial charge < -0.3 is 5.32 Å². The average molecular weight is 307 g/mol. The first-order valence-electron chi connectivity index (χ1n) is 7.97. The summed E-state index contributed by atoms with van der Waals surface area (Å²) in [7, 11) is 0. The largest absolute Gasteiger partial charge is 0.378 e. The molecule has 0 fully saturated rings. The lowest BCUT2D eigenvalue weighted by Crippen LogP contribution is -2.29. The fourth-order valence-corrected chi connectivity index (χ4v) is 3.84. The first-order chi connectivity index (χ1) is 11.1. The molecule has 2 aromatic carbocycles. The van der Waals surface area contributed by atoms with E-state index >= 15 is 0 Å². The summed E-state index contributed by atoms with van der Waals surface area (Å²) in [5, 5.41) is 3.56. The molecule has 0 radical (unpaired) electrons. The van der Waals surface area contributed by atoms with Gasteiger partial charge in [0.15, 0.2) is 5.78 Å². The number of ketones is 1. The number of nitrogens with one attached hydrogen (secondary N) is 1. The highest BCUT2D eigenvalue weighted by Gasteiger charge is 2.38. The Balaban J connectivity index is 1.79. The van der Waals surface area contributed by atoms with Crippen molar-refractivity contribution in [2.24, 2.45) is 5.92 Å².